The van der Waals surface area contributed by atoms with E-state index in [1.54, 1.807) is 19.4 Å². The van der Waals surface area contributed by atoms with Crippen molar-refractivity contribution in [3.8, 4) is 6.07 Å². The van der Waals surface area contributed by atoms with Gasteiger partial charge in [-0.3, -0.25) is 0 Å². The first-order valence-corrected chi connectivity index (χ1v) is 5.04. The summed E-state index contributed by atoms with van der Waals surface area (Å²) < 4.78 is 4.91. The third-order valence-electron chi connectivity index (χ3n) is 1.60. The van der Waals surface area contributed by atoms with Crippen LogP contribution in [0.3, 0.4) is 0 Å². The minimum atomic E-state index is 0.455. The average molecular weight is 209 g/mol. The molecule has 4 nitrogen and oxygen atoms in total. The van der Waals surface area contributed by atoms with Gasteiger partial charge in [-0.05, 0) is 6.07 Å². The smallest absolute Gasteiger partial charge is 0.120 e. The van der Waals surface area contributed by atoms with Crippen LogP contribution in [0.15, 0.2) is 17.3 Å². The number of hydrogen-bond acceptors (Lipinski definition) is 5. The van der Waals surface area contributed by atoms with Crippen molar-refractivity contribution in [1.29, 1.82) is 5.26 Å². The highest BCUT2D eigenvalue weighted by molar-refractivity contribution is 7.99. The Bertz CT molecular complexity index is 348. The topological polar surface area (TPSA) is 71.9 Å². The maximum atomic E-state index is 8.72. The molecule has 0 saturated heterocycles. The summed E-state index contributed by atoms with van der Waals surface area (Å²) in [5.74, 6) is 0.780. The predicted molar refractivity (Wildman–Crippen MR) is 56.0 cm³/mol. The molecule has 5 heteroatoms. The van der Waals surface area contributed by atoms with Crippen LogP contribution in [0, 0.1) is 11.3 Å². The average Bonchev–Trinajstić information content (AvgIpc) is 2.21. The molecule has 14 heavy (non-hydrogen) atoms. The van der Waals surface area contributed by atoms with Gasteiger partial charge in [-0.2, -0.15) is 5.26 Å². The second kappa shape index (κ2) is 5.47. The van der Waals surface area contributed by atoms with Crippen molar-refractivity contribution < 1.29 is 4.74 Å². The maximum Gasteiger partial charge on any atom is 0.120 e. The van der Waals surface area contributed by atoms with Gasteiger partial charge in [0.2, 0.25) is 0 Å². The summed E-state index contributed by atoms with van der Waals surface area (Å²) in [4.78, 5) is 4.09. The van der Waals surface area contributed by atoms with Crippen molar-refractivity contribution in [2.75, 3.05) is 25.2 Å². The fourth-order valence-corrected chi connectivity index (χ4v) is 1.73. The molecule has 0 atom stereocenters. The van der Waals surface area contributed by atoms with Gasteiger partial charge in [0.05, 0.1) is 17.9 Å². The summed E-state index contributed by atoms with van der Waals surface area (Å²) in [6.07, 6.45) is 1.59. The summed E-state index contributed by atoms with van der Waals surface area (Å²) in [5.41, 5.74) is 6.66. The molecule has 0 aliphatic carbocycles. The Balaban J connectivity index is 2.73. The zero-order valence-electron chi connectivity index (χ0n) is 7.86. The van der Waals surface area contributed by atoms with Gasteiger partial charge in [0.1, 0.15) is 11.1 Å². The number of nitrogens with zero attached hydrogens (tertiary/aromatic N) is 2. The number of ether oxygens (including phenoxy) is 1. The van der Waals surface area contributed by atoms with Crippen molar-refractivity contribution in [3.63, 3.8) is 0 Å². The molecule has 1 rings (SSSR count). The van der Waals surface area contributed by atoms with Crippen LogP contribution >= 0.6 is 11.8 Å². The largest absolute Gasteiger partial charge is 0.395 e. The first-order valence-electron chi connectivity index (χ1n) is 4.06. The van der Waals surface area contributed by atoms with Gasteiger partial charge >= 0.3 is 0 Å². The Kier molecular flexibility index (Phi) is 4.23. The van der Waals surface area contributed by atoms with E-state index in [1.165, 1.54) is 11.8 Å². The molecule has 2 N–H and O–H groups in total. The first-order chi connectivity index (χ1) is 6.79. The number of rotatable bonds is 4. The van der Waals surface area contributed by atoms with Crippen molar-refractivity contribution in [2.45, 2.75) is 5.03 Å². The third kappa shape index (κ3) is 2.62. The highest BCUT2D eigenvalue weighted by Crippen LogP contribution is 2.24. The van der Waals surface area contributed by atoms with Gasteiger partial charge in [-0.25, -0.2) is 4.98 Å². The van der Waals surface area contributed by atoms with Crippen LogP contribution in [-0.4, -0.2) is 24.5 Å². The van der Waals surface area contributed by atoms with Gasteiger partial charge in [0.25, 0.3) is 0 Å². The fraction of sp³-hybridized carbons (Fsp3) is 0.333. The number of nitrogens with two attached hydrogens (primary N) is 1. The van der Waals surface area contributed by atoms with E-state index in [9.17, 15) is 0 Å². The van der Waals surface area contributed by atoms with Crippen molar-refractivity contribution in [2.24, 2.45) is 0 Å². The van der Waals surface area contributed by atoms with Crippen LogP contribution in [-0.2, 0) is 4.74 Å². The Morgan fingerprint density at radius 2 is 2.50 bits per heavy atom. The van der Waals surface area contributed by atoms with Gasteiger partial charge in [-0.15, -0.1) is 11.8 Å². The van der Waals surface area contributed by atoms with E-state index < -0.39 is 0 Å². The fourth-order valence-electron chi connectivity index (χ4n) is 0.888. The number of hydrogen-bond donors (Lipinski definition) is 1. The molecule has 1 aromatic rings. The number of nitrogen functional groups attached to an aromatic ring is 1. The SMILES string of the molecule is COCCSc1nccc(C#N)c1N. The maximum absolute atomic E-state index is 8.72. The summed E-state index contributed by atoms with van der Waals surface area (Å²) in [5, 5.41) is 9.42. The lowest BCUT2D eigenvalue weighted by atomic mass is 10.2. The summed E-state index contributed by atoms with van der Waals surface area (Å²) in [6.45, 7) is 0.641. The molecule has 0 aromatic carbocycles. The third-order valence-corrected chi connectivity index (χ3v) is 2.57. The minimum Gasteiger partial charge on any atom is -0.395 e. The molecule has 0 aliphatic rings. The van der Waals surface area contributed by atoms with E-state index in [0.717, 1.165) is 5.75 Å². The summed E-state index contributed by atoms with van der Waals surface area (Å²) in [7, 11) is 1.64. The second-order valence-electron chi connectivity index (χ2n) is 2.53. The Morgan fingerprint density at radius 1 is 1.71 bits per heavy atom. The number of nitriles is 1. The van der Waals surface area contributed by atoms with Gasteiger partial charge in [-0.1, -0.05) is 0 Å². The lowest BCUT2D eigenvalue weighted by Gasteiger charge is -2.04. The Hall–Kier alpha value is -1.25. The van der Waals surface area contributed by atoms with E-state index in [-0.39, 0.29) is 0 Å². The molecule has 74 valence electrons. The summed E-state index contributed by atoms with van der Waals surface area (Å²) in [6, 6.07) is 3.62. The van der Waals surface area contributed by atoms with Crippen LogP contribution in [0.4, 0.5) is 5.69 Å². The van der Waals surface area contributed by atoms with E-state index in [0.29, 0.717) is 22.9 Å². The number of pyridine rings is 1. The predicted octanol–water partition coefficient (Wildman–Crippen LogP) is 1.27. The molecule has 0 spiro atoms. The molecule has 0 aliphatic heterocycles. The second-order valence-corrected chi connectivity index (χ2v) is 3.61. The first kappa shape index (κ1) is 10.8. The molecule has 0 radical (unpaired) electrons. The molecular weight excluding hydrogens is 198 g/mol. The Labute approximate surface area is 87.1 Å². The van der Waals surface area contributed by atoms with Crippen LogP contribution in [0.1, 0.15) is 5.56 Å². The molecule has 1 heterocycles. The van der Waals surface area contributed by atoms with Gasteiger partial charge in [0, 0.05) is 19.1 Å². The van der Waals surface area contributed by atoms with Crippen LogP contribution < -0.4 is 5.73 Å². The minimum absolute atomic E-state index is 0.455. The van der Waals surface area contributed by atoms with Crippen molar-refractivity contribution in [1.82, 2.24) is 4.98 Å². The standard InChI is InChI=1S/C9H11N3OS/c1-13-4-5-14-9-8(11)7(6-10)2-3-12-9/h2-3H,4-5,11H2,1H3. The highest BCUT2D eigenvalue weighted by Gasteiger charge is 2.05. The van der Waals surface area contributed by atoms with Crippen LogP contribution in [0.2, 0.25) is 0 Å². The van der Waals surface area contributed by atoms with Crippen molar-refractivity contribution in [3.05, 3.63) is 17.8 Å². The molecule has 0 saturated carbocycles. The monoisotopic (exact) mass is 209 g/mol. The molecule has 1 aromatic heterocycles. The van der Waals surface area contributed by atoms with E-state index in [2.05, 4.69) is 4.98 Å². The zero-order chi connectivity index (χ0) is 10.4. The lowest BCUT2D eigenvalue weighted by molar-refractivity contribution is 0.218. The number of thioether (sulfide) groups is 1. The number of aromatic nitrogens is 1. The van der Waals surface area contributed by atoms with Crippen LogP contribution in [0.5, 0.6) is 0 Å². The van der Waals surface area contributed by atoms with E-state index in [4.69, 9.17) is 15.7 Å². The van der Waals surface area contributed by atoms with E-state index >= 15 is 0 Å². The summed E-state index contributed by atoms with van der Waals surface area (Å²) >= 11 is 1.49. The molecule has 0 amide bonds. The number of anilines is 1. The Morgan fingerprint density at radius 3 is 3.14 bits per heavy atom. The number of methoxy groups -OCH3 is 1. The van der Waals surface area contributed by atoms with Crippen LogP contribution in [0.25, 0.3) is 0 Å². The lowest BCUT2D eigenvalue weighted by Crippen LogP contribution is -1.98. The molecule has 0 unspecified atom stereocenters. The molecule has 0 bridgehead atoms. The molecular formula is C9H11N3OS. The zero-order valence-corrected chi connectivity index (χ0v) is 8.67. The van der Waals surface area contributed by atoms with Crippen molar-refractivity contribution >= 4 is 17.4 Å². The van der Waals surface area contributed by atoms with E-state index in [1.807, 2.05) is 6.07 Å². The normalized spacial score (nSPS) is 9.71. The highest BCUT2D eigenvalue weighted by atomic mass is 32.2. The quantitative estimate of drug-likeness (QED) is 0.597. The van der Waals surface area contributed by atoms with Gasteiger partial charge < -0.3 is 10.5 Å². The molecule has 0 fully saturated rings. The van der Waals surface area contributed by atoms with Gasteiger partial charge in [0.15, 0.2) is 0 Å².